The van der Waals surface area contributed by atoms with Crippen molar-refractivity contribution in [2.75, 3.05) is 12.3 Å². The van der Waals surface area contributed by atoms with Crippen molar-refractivity contribution < 1.29 is 9.59 Å². The predicted molar refractivity (Wildman–Crippen MR) is 132 cm³/mol. The first kappa shape index (κ1) is 25.9. The zero-order valence-corrected chi connectivity index (χ0v) is 20.9. The van der Waals surface area contributed by atoms with Crippen LogP contribution in [0.3, 0.4) is 0 Å². The minimum absolute atomic E-state index is 0.114. The topological polar surface area (TPSA) is 49.4 Å². The van der Waals surface area contributed by atoms with Gasteiger partial charge in [0.1, 0.15) is 6.04 Å². The molecule has 0 fully saturated rings. The van der Waals surface area contributed by atoms with Gasteiger partial charge in [-0.3, -0.25) is 9.59 Å². The van der Waals surface area contributed by atoms with Crippen LogP contribution in [0.5, 0.6) is 0 Å². The summed E-state index contributed by atoms with van der Waals surface area (Å²) in [7, 11) is 0. The minimum Gasteiger partial charge on any atom is -0.354 e. The van der Waals surface area contributed by atoms with E-state index in [9.17, 15) is 9.59 Å². The predicted octanol–water partition coefficient (Wildman–Crippen LogP) is 6.07. The number of nitrogens with one attached hydrogen (secondary N) is 1. The highest BCUT2D eigenvalue weighted by molar-refractivity contribution is 7.99. The van der Waals surface area contributed by atoms with Crippen LogP contribution in [-0.4, -0.2) is 35.1 Å². The van der Waals surface area contributed by atoms with Crippen LogP contribution in [0.2, 0.25) is 15.1 Å². The number of hydrogen-bond donors (Lipinski definition) is 1. The molecular formula is C23H27Cl3N2O2S. The number of rotatable bonds is 10. The fourth-order valence-electron chi connectivity index (χ4n) is 2.79. The summed E-state index contributed by atoms with van der Waals surface area (Å²) in [4.78, 5) is 27.3. The molecule has 0 aliphatic carbocycles. The number of hydrogen-bond acceptors (Lipinski definition) is 3. The summed E-state index contributed by atoms with van der Waals surface area (Å²) in [5, 5.41) is 4.69. The summed E-state index contributed by atoms with van der Waals surface area (Å²) in [5.74, 6) is 0.856. The second-order valence-corrected chi connectivity index (χ2v) is 9.96. The van der Waals surface area contributed by atoms with Gasteiger partial charge in [0.15, 0.2) is 0 Å². The van der Waals surface area contributed by atoms with Crippen LogP contribution < -0.4 is 5.32 Å². The van der Waals surface area contributed by atoms with Crippen molar-refractivity contribution in [1.29, 1.82) is 0 Å². The van der Waals surface area contributed by atoms with Crippen molar-refractivity contribution in [3.63, 3.8) is 0 Å². The molecule has 2 aromatic carbocycles. The quantitative estimate of drug-likeness (QED) is 0.430. The lowest BCUT2D eigenvalue weighted by Gasteiger charge is -2.29. The fraction of sp³-hybridized carbons (Fsp3) is 0.391. The van der Waals surface area contributed by atoms with Crippen molar-refractivity contribution in [3.05, 3.63) is 68.7 Å². The van der Waals surface area contributed by atoms with Crippen LogP contribution in [0.25, 0.3) is 0 Å². The maximum absolute atomic E-state index is 13.1. The van der Waals surface area contributed by atoms with E-state index in [1.807, 2.05) is 32.0 Å². The average molecular weight is 502 g/mol. The van der Waals surface area contributed by atoms with Crippen molar-refractivity contribution in [2.45, 2.75) is 39.1 Å². The highest BCUT2D eigenvalue weighted by Crippen LogP contribution is 2.25. The van der Waals surface area contributed by atoms with Gasteiger partial charge in [0.2, 0.25) is 11.8 Å². The maximum Gasteiger partial charge on any atom is 0.242 e. The number of carbonyl (C=O) groups excluding carboxylic acids is 2. The Bertz CT molecular complexity index is 891. The van der Waals surface area contributed by atoms with E-state index in [2.05, 4.69) is 5.32 Å². The Balaban J connectivity index is 2.07. The molecule has 2 amide bonds. The summed E-state index contributed by atoms with van der Waals surface area (Å²) in [6, 6.07) is 12.0. The van der Waals surface area contributed by atoms with Gasteiger partial charge in [-0.1, -0.05) is 66.8 Å². The number of amides is 2. The fourth-order valence-corrected chi connectivity index (χ4v) is 4.39. The molecule has 0 aliphatic heterocycles. The molecule has 0 heterocycles. The Kier molecular flexibility index (Phi) is 10.5. The third kappa shape index (κ3) is 8.57. The first-order valence-corrected chi connectivity index (χ1v) is 12.3. The van der Waals surface area contributed by atoms with Gasteiger partial charge in [-0.2, -0.15) is 0 Å². The standard InChI is InChI=1S/C23H27Cl3N2O2S/c1-15(2)11-27-23(30)16(3)28(12-17-4-7-19(24)8-5-17)22(29)14-31-13-18-6-9-20(25)10-21(18)26/h4-10,15-16H,11-14H2,1-3H3,(H,27,30)/t16-/m0/s1. The smallest absolute Gasteiger partial charge is 0.242 e. The van der Waals surface area contributed by atoms with E-state index in [-0.39, 0.29) is 17.6 Å². The van der Waals surface area contributed by atoms with Crippen molar-refractivity contribution in [1.82, 2.24) is 10.2 Å². The van der Waals surface area contributed by atoms with Gasteiger partial charge < -0.3 is 10.2 Å². The molecule has 2 rings (SSSR count). The first-order chi connectivity index (χ1) is 14.7. The number of thioether (sulfide) groups is 1. The van der Waals surface area contributed by atoms with Gasteiger partial charge in [-0.05, 0) is 48.2 Å². The van der Waals surface area contributed by atoms with E-state index in [4.69, 9.17) is 34.8 Å². The van der Waals surface area contributed by atoms with E-state index in [1.54, 1.807) is 36.1 Å². The molecule has 0 saturated heterocycles. The summed E-state index contributed by atoms with van der Waals surface area (Å²) < 4.78 is 0. The van der Waals surface area contributed by atoms with Crippen LogP contribution in [0.15, 0.2) is 42.5 Å². The largest absolute Gasteiger partial charge is 0.354 e. The minimum atomic E-state index is -0.596. The molecule has 4 nitrogen and oxygen atoms in total. The van der Waals surface area contributed by atoms with Crippen LogP contribution in [0.4, 0.5) is 0 Å². The average Bonchev–Trinajstić information content (AvgIpc) is 2.72. The molecule has 8 heteroatoms. The highest BCUT2D eigenvalue weighted by atomic mass is 35.5. The lowest BCUT2D eigenvalue weighted by Crippen LogP contribution is -2.48. The second-order valence-electron chi connectivity index (χ2n) is 7.69. The van der Waals surface area contributed by atoms with E-state index >= 15 is 0 Å². The summed E-state index contributed by atoms with van der Waals surface area (Å²) in [6.45, 7) is 6.70. The molecule has 0 radical (unpaired) electrons. The van der Waals surface area contributed by atoms with Crippen LogP contribution in [0, 0.1) is 5.92 Å². The Labute approximate surface area is 203 Å². The second kappa shape index (κ2) is 12.6. The summed E-state index contributed by atoms with van der Waals surface area (Å²) in [5.41, 5.74) is 1.82. The Morgan fingerprint density at radius 2 is 1.65 bits per heavy atom. The Morgan fingerprint density at radius 3 is 2.26 bits per heavy atom. The molecule has 2 aromatic rings. The molecular weight excluding hydrogens is 475 g/mol. The number of benzene rings is 2. The van der Waals surface area contributed by atoms with Gasteiger partial charge in [-0.15, -0.1) is 11.8 Å². The van der Waals surface area contributed by atoms with Crippen molar-refractivity contribution in [3.8, 4) is 0 Å². The lowest BCUT2D eigenvalue weighted by molar-refractivity contribution is -0.138. The lowest BCUT2D eigenvalue weighted by atomic mass is 10.1. The number of carbonyl (C=O) groups is 2. The zero-order valence-electron chi connectivity index (χ0n) is 17.8. The third-order valence-electron chi connectivity index (χ3n) is 4.62. The van der Waals surface area contributed by atoms with Gasteiger partial charge in [0.25, 0.3) is 0 Å². The molecule has 0 bridgehead atoms. The summed E-state index contributed by atoms with van der Waals surface area (Å²) in [6.07, 6.45) is 0. The van der Waals surface area contributed by atoms with Gasteiger partial charge in [0, 0.05) is 33.9 Å². The van der Waals surface area contributed by atoms with E-state index in [1.165, 1.54) is 11.8 Å². The monoisotopic (exact) mass is 500 g/mol. The maximum atomic E-state index is 13.1. The van der Waals surface area contributed by atoms with E-state index in [0.29, 0.717) is 39.8 Å². The van der Waals surface area contributed by atoms with Crippen molar-refractivity contribution in [2.24, 2.45) is 5.92 Å². The normalized spacial score (nSPS) is 12.0. The molecule has 1 N–H and O–H groups in total. The van der Waals surface area contributed by atoms with Gasteiger partial charge in [-0.25, -0.2) is 0 Å². The molecule has 168 valence electrons. The van der Waals surface area contributed by atoms with Crippen molar-refractivity contribution >= 4 is 58.4 Å². The van der Waals surface area contributed by atoms with Gasteiger partial charge >= 0.3 is 0 Å². The van der Waals surface area contributed by atoms with Gasteiger partial charge in [0.05, 0.1) is 5.75 Å². The van der Waals surface area contributed by atoms with Crippen LogP contribution >= 0.6 is 46.6 Å². The third-order valence-corrected chi connectivity index (χ3v) is 6.42. The SMILES string of the molecule is CC(C)CNC(=O)[C@H](C)N(Cc1ccc(Cl)cc1)C(=O)CSCc1ccc(Cl)cc1Cl. The van der Waals surface area contributed by atoms with Crippen LogP contribution in [0.1, 0.15) is 31.9 Å². The highest BCUT2D eigenvalue weighted by Gasteiger charge is 2.26. The molecule has 0 saturated carbocycles. The number of halogens is 3. The molecule has 1 atom stereocenters. The number of nitrogens with zero attached hydrogens (tertiary/aromatic N) is 1. The molecule has 0 spiro atoms. The van der Waals surface area contributed by atoms with E-state index < -0.39 is 6.04 Å². The molecule has 0 unspecified atom stereocenters. The molecule has 0 aromatic heterocycles. The molecule has 0 aliphatic rings. The first-order valence-electron chi connectivity index (χ1n) is 10.0. The van der Waals surface area contributed by atoms with Crippen LogP contribution in [-0.2, 0) is 21.9 Å². The van der Waals surface area contributed by atoms with E-state index in [0.717, 1.165) is 11.1 Å². The zero-order chi connectivity index (χ0) is 23.0. The Morgan fingerprint density at radius 1 is 1.00 bits per heavy atom. The summed E-state index contributed by atoms with van der Waals surface area (Å²) >= 11 is 19.6. The Hall–Kier alpha value is -1.40. The molecule has 31 heavy (non-hydrogen) atoms.